The number of nitro benzene ring substituents is 1. The van der Waals surface area contributed by atoms with Gasteiger partial charge in [-0.25, -0.2) is 4.98 Å². The molecule has 0 spiro atoms. The molecular formula is C14H13N5O3. The summed E-state index contributed by atoms with van der Waals surface area (Å²) in [5.74, 6) is 1.76. The van der Waals surface area contributed by atoms with Crippen LogP contribution in [0.3, 0.4) is 0 Å². The first-order chi connectivity index (χ1) is 10.7. The Morgan fingerprint density at radius 2 is 2.14 bits per heavy atom. The molecule has 2 aromatic heterocycles. The van der Waals surface area contributed by atoms with Gasteiger partial charge < -0.3 is 9.73 Å². The third-order valence-electron chi connectivity index (χ3n) is 3.05. The topological polar surface area (TPSA) is 110 Å². The van der Waals surface area contributed by atoms with Crippen LogP contribution < -0.4 is 5.32 Å². The number of H-pyrrole nitrogens is 1. The number of hydrogen-bond acceptors (Lipinski definition) is 6. The molecule has 22 heavy (non-hydrogen) atoms. The molecule has 112 valence electrons. The molecule has 2 N–H and O–H groups in total. The zero-order valence-electron chi connectivity index (χ0n) is 11.5. The molecule has 8 nitrogen and oxygen atoms in total. The van der Waals surface area contributed by atoms with Crippen LogP contribution in [0.4, 0.5) is 11.4 Å². The van der Waals surface area contributed by atoms with E-state index in [2.05, 4.69) is 20.5 Å². The van der Waals surface area contributed by atoms with Gasteiger partial charge in [-0.3, -0.25) is 15.2 Å². The van der Waals surface area contributed by atoms with E-state index in [1.807, 2.05) is 0 Å². The van der Waals surface area contributed by atoms with E-state index < -0.39 is 4.92 Å². The van der Waals surface area contributed by atoms with E-state index in [1.54, 1.807) is 36.6 Å². The average Bonchev–Trinajstić information content (AvgIpc) is 3.18. The highest BCUT2D eigenvalue weighted by Crippen LogP contribution is 2.23. The molecule has 1 aromatic carbocycles. The number of aromatic nitrogens is 3. The highest BCUT2D eigenvalue weighted by atomic mass is 16.6. The van der Waals surface area contributed by atoms with Crippen LogP contribution in [0.25, 0.3) is 11.6 Å². The van der Waals surface area contributed by atoms with E-state index in [0.29, 0.717) is 36.1 Å². The number of anilines is 1. The van der Waals surface area contributed by atoms with E-state index >= 15 is 0 Å². The van der Waals surface area contributed by atoms with Gasteiger partial charge >= 0.3 is 0 Å². The summed E-state index contributed by atoms with van der Waals surface area (Å²) in [4.78, 5) is 14.8. The second kappa shape index (κ2) is 6.08. The minimum atomic E-state index is -0.411. The molecule has 2 heterocycles. The fraction of sp³-hybridized carbons (Fsp3) is 0.143. The molecule has 0 radical (unpaired) electrons. The van der Waals surface area contributed by atoms with Crippen LogP contribution in [-0.4, -0.2) is 26.6 Å². The summed E-state index contributed by atoms with van der Waals surface area (Å²) in [7, 11) is 0. The molecule has 0 amide bonds. The summed E-state index contributed by atoms with van der Waals surface area (Å²) in [6.07, 6.45) is 2.11. The maximum Gasteiger partial charge on any atom is 0.292 e. The van der Waals surface area contributed by atoms with E-state index in [9.17, 15) is 10.1 Å². The number of rotatable bonds is 6. The fourth-order valence-electron chi connectivity index (χ4n) is 2.02. The van der Waals surface area contributed by atoms with Crippen LogP contribution in [0.15, 0.2) is 47.1 Å². The number of aromatic amines is 1. The number of nitrogens with zero attached hydrogens (tertiary/aromatic N) is 3. The van der Waals surface area contributed by atoms with Crippen LogP contribution in [0, 0.1) is 10.1 Å². The van der Waals surface area contributed by atoms with E-state index in [4.69, 9.17) is 4.42 Å². The van der Waals surface area contributed by atoms with Gasteiger partial charge in [-0.15, -0.1) is 0 Å². The van der Waals surface area contributed by atoms with Crippen molar-refractivity contribution in [3.8, 4) is 11.6 Å². The molecule has 0 fully saturated rings. The van der Waals surface area contributed by atoms with Crippen LogP contribution in [-0.2, 0) is 6.42 Å². The molecule has 0 aliphatic heterocycles. The Bertz CT molecular complexity index is 766. The second-order valence-corrected chi connectivity index (χ2v) is 4.53. The highest BCUT2D eigenvalue weighted by Gasteiger charge is 2.12. The van der Waals surface area contributed by atoms with Gasteiger partial charge in [0.25, 0.3) is 5.69 Å². The Labute approximate surface area is 125 Å². The van der Waals surface area contributed by atoms with Crippen LogP contribution in [0.5, 0.6) is 0 Å². The highest BCUT2D eigenvalue weighted by molar-refractivity contribution is 5.61. The lowest BCUT2D eigenvalue weighted by Crippen LogP contribution is -2.07. The van der Waals surface area contributed by atoms with Crippen molar-refractivity contribution < 1.29 is 9.34 Å². The van der Waals surface area contributed by atoms with Crippen LogP contribution in [0.2, 0.25) is 0 Å². The first-order valence-electron chi connectivity index (χ1n) is 6.66. The van der Waals surface area contributed by atoms with Crippen molar-refractivity contribution in [3.63, 3.8) is 0 Å². The average molecular weight is 299 g/mol. The quantitative estimate of drug-likeness (QED) is 0.535. The summed E-state index contributed by atoms with van der Waals surface area (Å²) in [5, 5.41) is 20.8. The van der Waals surface area contributed by atoms with Gasteiger partial charge in [-0.05, 0) is 18.2 Å². The summed E-state index contributed by atoms with van der Waals surface area (Å²) in [6.45, 7) is 0.498. The molecule has 0 saturated carbocycles. The van der Waals surface area contributed by atoms with Crippen molar-refractivity contribution in [2.45, 2.75) is 6.42 Å². The zero-order chi connectivity index (χ0) is 15.4. The molecule has 8 heteroatoms. The monoisotopic (exact) mass is 299 g/mol. The van der Waals surface area contributed by atoms with E-state index in [1.165, 1.54) is 6.07 Å². The van der Waals surface area contributed by atoms with Crippen molar-refractivity contribution in [1.29, 1.82) is 0 Å². The van der Waals surface area contributed by atoms with Gasteiger partial charge in [0.15, 0.2) is 5.76 Å². The second-order valence-electron chi connectivity index (χ2n) is 4.53. The van der Waals surface area contributed by atoms with Gasteiger partial charge in [0.05, 0.1) is 11.2 Å². The minimum Gasteiger partial charge on any atom is -0.461 e. The Balaban J connectivity index is 1.61. The zero-order valence-corrected chi connectivity index (χ0v) is 11.5. The largest absolute Gasteiger partial charge is 0.461 e. The number of benzene rings is 1. The maximum atomic E-state index is 10.9. The summed E-state index contributed by atoms with van der Waals surface area (Å²) in [5.41, 5.74) is 0.537. The summed E-state index contributed by atoms with van der Waals surface area (Å²) < 4.78 is 5.21. The van der Waals surface area contributed by atoms with Gasteiger partial charge in [-0.1, -0.05) is 12.1 Å². The molecule has 3 rings (SSSR count). The van der Waals surface area contributed by atoms with Crippen LogP contribution >= 0.6 is 0 Å². The van der Waals surface area contributed by atoms with Crippen molar-refractivity contribution in [2.75, 3.05) is 11.9 Å². The Kier molecular flexibility index (Phi) is 3.82. The first-order valence-corrected chi connectivity index (χ1v) is 6.66. The fourth-order valence-corrected chi connectivity index (χ4v) is 2.02. The Morgan fingerprint density at radius 3 is 2.91 bits per heavy atom. The van der Waals surface area contributed by atoms with Crippen LogP contribution in [0.1, 0.15) is 5.82 Å². The maximum absolute atomic E-state index is 10.9. The molecular weight excluding hydrogens is 286 g/mol. The SMILES string of the molecule is O=[N+]([O-])c1ccccc1NCCc1nc(-c2ccco2)n[nH]1. The van der Waals surface area contributed by atoms with Gasteiger partial charge in [0, 0.05) is 19.0 Å². The van der Waals surface area contributed by atoms with E-state index in [0.717, 1.165) is 0 Å². The first kappa shape index (κ1) is 13.8. The van der Waals surface area contributed by atoms with Gasteiger partial charge in [0.1, 0.15) is 11.5 Å². The number of furan rings is 1. The molecule has 0 atom stereocenters. The third kappa shape index (κ3) is 2.95. The lowest BCUT2D eigenvalue weighted by molar-refractivity contribution is -0.384. The third-order valence-corrected chi connectivity index (χ3v) is 3.05. The molecule has 0 saturated heterocycles. The van der Waals surface area contributed by atoms with Crippen molar-refractivity contribution in [2.24, 2.45) is 0 Å². The molecule has 0 bridgehead atoms. The van der Waals surface area contributed by atoms with Crippen molar-refractivity contribution in [1.82, 2.24) is 15.2 Å². The van der Waals surface area contributed by atoms with Crippen molar-refractivity contribution >= 4 is 11.4 Å². The Morgan fingerprint density at radius 1 is 1.27 bits per heavy atom. The number of nitrogens with one attached hydrogen (secondary N) is 2. The predicted molar refractivity (Wildman–Crippen MR) is 79.4 cm³/mol. The number of hydrogen-bond donors (Lipinski definition) is 2. The molecule has 0 aliphatic carbocycles. The van der Waals surface area contributed by atoms with Crippen molar-refractivity contribution in [3.05, 3.63) is 58.6 Å². The normalized spacial score (nSPS) is 10.5. The van der Waals surface area contributed by atoms with Gasteiger partial charge in [-0.2, -0.15) is 5.10 Å². The van der Waals surface area contributed by atoms with E-state index in [-0.39, 0.29) is 5.69 Å². The Hall–Kier alpha value is -3.16. The van der Waals surface area contributed by atoms with Gasteiger partial charge in [0.2, 0.25) is 5.82 Å². The minimum absolute atomic E-state index is 0.0522. The summed E-state index contributed by atoms with van der Waals surface area (Å²) >= 11 is 0. The molecule has 3 aromatic rings. The predicted octanol–water partition coefficient (Wildman–Crippen LogP) is 2.63. The lowest BCUT2D eigenvalue weighted by Gasteiger charge is -2.05. The number of nitro groups is 1. The molecule has 0 unspecified atom stereocenters. The summed E-state index contributed by atoms with van der Waals surface area (Å²) in [6, 6.07) is 10.1. The standard InChI is InChI=1S/C14H13N5O3/c20-19(21)11-5-2-1-4-10(11)15-8-7-13-16-14(18-17-13)12-6-3-9-22-12/h1-6,9,15H,7-8H2,(H,16,17,18). The molecule has 0 aliphatic rings. The smallest absolute Gasteiger partial charge is 0.292 e. The number of para-hydroxylation sites is 2. The lowest BCUT2D eigenvalue weighted by atomic mass is 10.2.